The van der Waals surface area contributed by atoms with Crippen molar-refractivity contribution < 1.29 is 0 Å². The molecule has 2 saturated heterocycles. The molecule has 0 aromatic carbocycles. The molecule has 11 heavy (non-hydrogen) atoms. The first kappa shape index (κ1) is 7.53. The molecule has 3 nitrogen and oxygen atoms in total. The molecule has 4 N–H and O–H groups in total. The maximum Gasteiger partial charge on any atom is 0.0410 e. The Morgan fingerprint density at radius 2 is 2.36 bits per heavy atom. The summed E-state index contributed by atoms with van der Waals surface area (Å²) in [5, 5.41) is 6.87. The van der Waals surface area contributed by atoms with Crippen molar-refractivity contribution in [3.8, 4) is 0 Å². The van der Waals surface area contributed by atoms with Gasteiger partial charge in [-0.2, -0.15) is 0 Å². The summed E-state index contributed by atoms with van der Waals surface area (Å²) < 4.78 is 0. The Morgan fingerprint density at radius 1 is 1.55 bits per heavy atom. The van der Waals surface area contributed by atoms with Gasteiger partial charge in [0.05, 0.1) is 0 Å². The van der Waals surface area contributed by atoms with Gasteiger partial charge in [0.25, 0.3) is 0 Å². The SMILES string of the molecule is CC1(N)CNCC2CCNC21. The summed E-state index contributed by atoms with van der Waals surface area (Å²) in [4.78, 5) is 0. The Balaban J connectivity index is 2.13. The van der Waals surface area contributed by atoms with Gasteiger partial charge in [-0.05, 0) is 32.4 Å². The first-order chi connectivity index (χ1) is 5.20. The first-order valence-electron chi connectivity index (χ1n) is 4.43. The van der Waals surface area contributed by atoms with E-state index in [1.807, 2.05) is 0 Å². The van der Waals surface area contributed by atoms with E-state index < -0.39 is 0 Å². The van der Waals surface area contributed by atoms with Crippen LogP contribution in [0.15, 0.2) is 0 Å². The number of piperidine rings is 1. The van der Waals surface area contributed by atoms with Gasteiger partial charge in [-0.3, -0.25) is 0 Å². The van der Waals surface area contributed by atoms with Crippen molar-refractivity contribution in [2.45, 2.75) is 24.9 Å². The molecule has 0 amide bonds. The average molecular weight is 155 g/mol. The molecule has 0 bridgehead atoms. The van der Waals surface area contributed by atoms with Crippen molar-refractivity contribution in [2.75, 3.05) is 19.6 Å². The molecule has 3 unspecified atom stereocenters. The van der Waals surface area contributed by atoms with Crippen LogP contribution in [0.4, 0.5) is 0 Å². The molecule has 0 aliphatic carbocycles. The average Bonchev–Trinajstić information content (AvgIpc) is 2.34. The predicted octanol–water partition coefficient (Wildman–Crippen LogP) is -0.715. The molecule has 0 radical (unpaired) electrons. The monoisotopic (exact) mass is 155 g/mol. The van der Waals surface area contributed by atoms with Gasteiger partial charge in [0, 0.05) is 18.1 Å². The largest absolute Gasteiger partial charge is 0.323 e. The van der Waals surface area contributed by atoms with Crippen molar-refractivity contribution in [2.24, 2.45) is 11.7 Å². The highest BCUT2D eigenvalue weighted by Crippen LogP contribution is 2.25. The highest BCUT2D eigenvalue weighted by Gasteiger charge is 2.41. The van der Waals surface area contributed by atoms with E-state index in [-0.39, 0.29) is 5.54 Å². The van der Waals surface area contributed by atoms with Gasteiger partial charge in [-0.25, -0.2) is 0 Å². The zero-order chi connectivity index (χ0) is 7.90. The van der Waals surface area contributed by atoms with Gasteiger partial charge >= 0.3 is 0 Å². The summed E-state index contributed by atoms with van der Waals surface area (Å²) in [6, 6.07) is 0.545. The molecule has 0 spiro atoms. The standard InChI is InChI=1S/C8H17N3/c1-8(9)5-10-4-6-2-3-11-7(6)8/h6-7,10-11H,2-5,9H2,1H3. The van der Waals surface area contributed by atoms with Crippen LogP contribution in [-0.2, 0) is 0 Å². The lowest BCUT2D eigenvalue weighted by Gasteiger charge is -2.40. The van der Waals surface area contributed by atoms with Gasteiger partial charge < -0.3 is 16.4 Å². The highest BCUT2D eigenvalue weighted by atomic mass is 15.1. The van der Waals surface area contributed by atoms with Crippen LogP contribution in [0.1, 0.15) is 13.3 Å². The molecule has 64 valence electrons. The second kappa shape index (κ2) is 2.44. The third-order valence-corrected chi connectivity index (χ3v) is 2.97. The number of nitrogens with two attached hydrogens (primary N) is 1. The van der Waals surface area contributed by atoms with E-state index in [1.165, 1.54) is 6.42 Å². The second-order valence-electron chi connectivity index (χ2n) is 4.12. The summed E-state index contributed by atoms with van der Waals surface area (Å²) in [6.45, 7) is 5.37. The molecular formula is C8H17N3. The van der Waals surface area contributed by atoms with Crippen molar-refractivity contribution in [3.63, 3.8) is 0 Å². The van der Waals surface area contributed by atoms with Crippen molar-refractivity contribution >= 4 is 0 Å². The molecule has 2 aliphatic rings. The molecular weight excluding hydrogens is 138 g/mol. The Labute approximate surface area is 67.7 Å². The van der Waals surface area contributed by atoms with Crippen LogP contribution < -0.4 is 16.4 Å². The number of nitrogens with one attached hydrogen (secondary N) is 2. The second-order valence-corrected chi connectivity index (χ2v) is 4.12. The van der Waals surface area contributed by atoms with E-state index in [1.54, 1.807) is 0 Å². The summed E-state index contributed by atoms with van der Waals surface area (Å²) in [5.74, 6) is 0.763. The molecule has 3 atom stereocenters. The molecule has 0 aromatic rings. The van der Waals surface area contributed by atoms with E-state index >= 15 is 0 Å². The molecule has 2 aliphatic heterocycles. The number of rotatable bonds is 0. The predicted molar refractivity (Wildman–Crippen MR) is 45.4 cm³/mol. The summed E-state index contributed by atoms with van der Waals surface area (Å²) in [5.41, 5.74) is 6.10. The summed E-state index contributed by atoms with van der Waals surface area (Å²) >= 11 is 0. The normalized spacial score (nSPS) is 50.7. The fourth-order valence-corrected chi connectivity index (χ4v) is 2.39. The first-order valence-corrected chi connectivity index (χ1v) is 4.43. The lowest BCUT2D eigenvalue weighted by Crippen LogP contribution is -2.65. The topological polar surface area (TPSA) is 50.1 Å². The van der Waals surface area contributed by atoms with E-state index in [4.69, 9.17) is 5.73 Å². The molecule has 0 aromatic heterocycles. The molecule has 2 rings (SSSR count). The number of hydrogen-bond acceptors (Lipinski definition) is 3. The van der Waals surface area contributed by atoms with Crippen LogP contribution in [0.5, 0.6) is 0 Å². The van der Waals surface area contributed by atoms with Crippen molar-refractivity contribution in [1.82, 2.24) is 10.6 Å². The molecule has 3 heteroatoms. The number of fused-ring (bicyclic) bond motifs is 1. The third kappa shape index (κ3) is 1.17. The van der Waals surface area contributed by atoms with Gasteiger partial charge in [-0.1, -0.05) is 0 Å². The molecule has 0 saturated carbocycles. The Bertz CT molecular complexity index is 155. The van der Waals surface area contributed by atoms with Crippen molar-refractivity contribution in [1.29, 1.82) is 0 Å². The fraction of sp³-hybridized carbons (Fsp3) is 1.00. The van der Waals surface area contributed by atoms with Gasteiger partial charge in [-0.15, -0.1) is 0 Å². The maximum absolute atomic E-state index is 6.14. The minimum atomic E-state index is -0.0422. The Morgan fingerprint density at radius 3 is 3.09 bits per heavy atom. The van der Waals surface area contributed by atoms with Gasteiger partial charge in [0.1, 0.15) is 0 Å². The highest BCUT2D eigenvalue weighted by molar-refractivity contribution is 5.04. The molecule has 2 fully saturated rings. The van der Waals surface area contributed by atoms with E-state index in [9.17, 15) is 0 Å². The van der Waals surface area contributed by atoms with Crippen LogP contribution in [0.25, 0.3) is 0 Å². The van der Waals surface area contributed by atoms with Crippen LogP contribution in [0.2, 0.25) is 0 Å². The maximum atomic E-state index is 6.14. The zero-order valence-corrected chi connectivity index (χ0v) is 7.06. The lowest BCUT2D eigenvalue weighted by molar-refractivity contribution is 0.223. The summed E-state index contributed by atoms with van der Waals surface area (Å²) in [7, 11) is 0. The Hall–Kier alpha value is -0.120. The van der Waals surface area contributed by atoms with Crippen LogP contribution in [-0.4, -0.2) is 31.2 Å². The van der Waals surface area contributed by atoms with Crippen LogP contribution in [0.3, 0.4) is 0 Å². The van der Waals surface area contributed by atoms with Gasteiger partial charge in [0.2, 0.25) is 0 Å². The van der Waals surface area contributed by atoms with Gasteiger partial charge in [0.15, 0.2) is 0 Å². The molecule has 2 heterocycles. The quantitative estimate of drug-likeness (QED) is 0.433. The lowest BCUT2D eigenvalue weighted by atomic mass is 9.81. The van der Waals surface area contributed by atoms with Crippen molar-refractivity contribution in [3.05, 3.63) is 0 Å². The smallest absolute Gasteiger partial charge is 0.0410 e. The minimum absolute atomic E-state index is 0.0422. The van der Waals surface area contributed by atoms with E-state index in [2.05, 4.69) is 17.6 Å². The number of hydrogen-bond donors (Lipinski definition) is 3. The van der Waals surface area contributed by atoms with E-state index in [0.717, 1.165) is 25.6 Å². The minimum Gasteiger partial charge on any atom is -0.323 e. The van der Waals surface area contributed by atoms with Crippen LogP contribution >= 0.6 is 0 Å². The Kier molecular flexibility index (Phi) is 1.67. The fourth-order valence-electron chi connectivity index (χ4n) is 2.39. The third-order valence-electron chi connectivity index (χ3n) is 2.97. The van der Waals surface area contributed by atoms with Crippen LogP contribution in [0, 0.1) is 5.92 Å². The summed E-state index contributed by atoms with van der Waals surface area (Å²) in [6.07, 6.45) is 1.28. The van der Waals surface area contributed by atoms with E-state index in [0.29, 0.717) is 6.04 Å². The zero-order valence-electron chi connectivity index (χ0n) is 7.06.